The van der Waals surface area contributed by atoms with E-state index in [9.17, 15) is 4.79 Å². The molecule has 0 aliphatic rings. The Bertz CT molecular complexity index is 1290. The monoisotopic (exact) mass is 504 g/mol. The number of thioether (sulfide) groups is 1. The largest absolute Gasteiger partial charge is 0.497 e. The van der Waals surface area contributed by atoms with Gasteiger partial charge in [-0.3, -0.25) is 4.79 Å². The van der Waals surface area contributed by atoms with Crippen LogP contribution in [0.3, 0.4) is 0 Å². The van der Waals surface area contributed by atoms with Crippen molar-refractivity contribution in [3.8, 4) is 5.75 Å². The fourth-order valence-corrected chi connectivity index (χ4v) is 4.59. The molecule has 3 aromatic carbocycles. The van der Waals surface area contributed by atoms with Gasteiger partial charge in [0.1, 0.15) is 5.75 Å². The van der Waals surface area contributed by atoms with Gasteiger partial charge in [0.15, 0.2) is 11.0 Å². The Kier molecular flexibility index (Phi) is 8.59. The summed E-state index contributed by atoms with van der Waals surface area (Å²) in [6.07, 6.45) is 3.27. The lowest BCUT2D eigenvalue weighted by Gasteiger charge is -2.11. The van der Waals surface area contributed by atoms with E-state index in [0.717, 1.165) is 32.6 Å². The fraction of sp³-hybridized carbons (Fsp3) is 0.148. The Balaban J connectivity index is 1.45. The first-order valence-electron chi connectivity index (χ1n) is 11.0. The van der Waals surface area contributed by atoms with Gasteiger partial charge in [0.05, 0.1) is 20.2 Å². The quantitative estimate of drug-likeness (QED) is 0.224. The first-order chi connectivity index (χ1) is 17.1. The molecule has 1 amide bonds. The Morgan fingerprint density at radius 1 is 1.03 bits per heavy atom. The molecule has 0 aliphatic carbocycles. The predicted octanol–water partition coefficient (Wildman–Crippen LogP) is 5.61. The van der Waals surface area contributed by atoms with Gasteiger partial charge in [-0.25, -0.2) is 0 Å². The van der Waals surface area contributed by atoms with E-state index in [2.05, 4.69) is 27.6 Å². The maximum atomic E-state index is 12.4. The molecule has 0 fully saturated rings. The molecule has 0 aliphatic heterocycles. The third-order valence-electron chi connectivity index (χ3n) is 5.26. The molecule has 0 saturated heterocycles. The molecule has 0 unspecified atom stereocenters. The van der Waals surface area contributed by atoms with Gasteiger partial charge in [-0.05, 0) is 41.0 Å². The van der Waals surface area contributed by atoms with E-state index < -0.39 is 0 Å². The van der Waals surface area contributed by atoms with E-state index in [1.807, 2.05) is 71.3 Å². The van der Waals surface area contributed by atoms with E-state index in [1.165, 1.54) is 6.08 Å². The first-order valence-corrected chi connectivity index (χ1v) is 12.4. The van der Waals surface area contributed by atoms with Crippen LogP contribution >= 0.6 is 23.4 Å². The van der Waals surface area contributed by atoms with Crippen molar-refractivity contribution in [3.63, 3.8) is 0 Å². The Morgan fingerprint density at radius 3 is 2.51 bits per heavy atom. The van der Waals surface area contributed by atoms with Gasteiger partial charge >= 0.3 is 0 Å². The molecule has 1 aromatic heterocycles. The second-order valence-electron chi connectivity index (χ2n) is 7.67. The van der Waals surface area contributed by atoms with E-state index in [0.29, 0.717) is 18.1 Å². The Labute approximate surface area is 214 Å². The second-order valence-corrected chi connectivity index (χ2v) is 9.02. The Hall–Kier alpha value is -3.55. The summed E-state index contributed by atoms with van der Waals surface area (Å²) in [6.45, 7) is 0.865. The maximum absolute atomic E-state index is 12.4. The van der Waals surface area contributed by atoms with Crippen LogP contribution in [0.1, 0.15) is 22.5 Å². The summed E-state index contributed by atoms with van der Waals surface area (Å²) in [6, 6.07) is 25.4. The van der Waals surface area contributed by atoms with Crippen LogP contribution in [0, 0.1) is 0 Å². The van der Waals surface area contributed by atoms with Gasteiger partial charge in [0.25, 0.3) is 0 Å². The van der Waals surface area contributed by atoms with Crippen LogP contribution in [0.5, 0.6) is 5.75 Å². The molecule has 0 spiro atoms. The number of carbonyl (C=O) groups is 1. The molecule has 6 nitrogen and oxygen atoms in total. The van der Waals surface area contributed by atoms with E-state index >= 15 is 0 Å². The zero-order chi connectivity index (χ0) is 24.5. The lowest BCUT2D eigenvalue weighted by atomic mass is 10.2. The van der Waals surface area contributed by atoms with Gasteiger partial charge < -0.3 is 14.6 Å². The zero-order valence-corrected chi connectivity index (χ0v) is 20.8. The minimum Gasteiger partial charge on any atom is -0.497 e. The average Bonchev–Trinajstić information content (AvgIpc) is 3.27. The van der Waals surface area contributed by atoms with Crippen LogP contribution in [-0.2, 0) is 23.6 Å². The summed E-state index contributed by atoms with van der Waals surface area (Å²) < 4.78 is 7.19. The molecule has 0 atom stereocenters. The fourth-order valence-electron chi connectivity index (χ4n) is 3.35. The summed E-state index contributed by atoms with van der Waals surface area (Å²) in [5.74, 6) is 1.92. The lowest BCUT2D eigenvalue weighted by molar-refractivity contribution is -0.116. The predicted molar refractivity (Wildman–Crippen MR) is 140 cm³/mol. The van der Waals surface area contributed by atoms with Crippen molar-refractivity contribution in [1.29, 1.82) is 0 Å². The molecule has 0 saturated carbocycles. The number of hydrogen-bond acceptors (Lipinski definition) is 5. The number of methoxy groups -OCH3 is 1. The summed E-state index contributed by atoms with van der Waals surface area (Å²) in [5, 5.41) is 13.2. The lowest BCUT2D eigenvalue weighted by Crippen LogP contribution is -2.23. The normalized spacial score (nSPS) is 11.0. The second kappa shape index (κ2) is 12.2. The van der Waals surface area contributed by atoms with E-state index in [4.69, 9.17) is 16.3 Å². The van der Waals surface area contributed by atoms with Gasteiger partial charge in [-0.2, -0.15) is 0 Å². The van der Waals surface area contributed by atoms with Crippen LogP contribution in [0.2, 0.25) is 5.02 Å². The molecule has 1 N–H and O–H groups in total. The molecule has 8 heteroatoms. The van der Waals surface area contributed by atoms with Crippen molar-refractivity contribution in [2.75, 3.05) is 7.11 Å². The van der Waals surface area contributed by atoms with Crippen molar-refractivity contribution >= 4 is 35.3 Å². The van der Waals surface area contributed by atoms with Crippen molar-refractivity contribution < 1.29 is 9.53 Å². The summed E-state index contributed by atoms with van der Waals surface area (Å²) in [7, 11) is 1.62. The molecular weight excluding hydrogens is 480 g/mol. The van der Waals surface area contributed by atoms with Crippen LogP contribution < -0.4 is 10.1 Å². The minimum absolute atomic E-state index is 0.208. The van der Waals surface area contributed by atoms with Crippen LogP contribution in [0.25, 0.3) is 6.08 Å². The Morgan fingerprint density at radius 2 is 1.77 bits per heavy atom. The minimum atomic E-state index is -0.208. The molecule has 0 bridgehead atoms. The van der Waals surface area contributed by atoms with Crippen molar-refractivity contribution in [3.05, 3.63) is 112 Å². The highest BCUT2D eigenvalue weighted by Crippen LogP contribution is 2.26. The number of ether oxygens (including phenoxy) is 1. The highest BCUT2D eigenvalue weighted by Gasteiger charge is 2.14. The molecular formula is C27H25ClN4O2S. The maximum Gasteiger partial charge on any atom is 0.244 e. The first kappa shape index (κ1) is 24.6. The van der Waals surface area contributed by atoms with Crippen LogP contribution in [0.4, 0.5) is 0 Å². The average molecular weight is 505 g/mol. The van der Waals surface area contributed by atoms with Gasteiger partial charge in [0.2, 0.25) is 5.91 Å². The van der Waals surface area contributed by atoms with Crippen molar-refractivity contribution in [1.82, 2.24) is 20.1 Å². The number of rotatable bonds is 10. The SMILES string of the molecule is COc1ccc(C=CC(=O)NCc2nnc(SCc3ccccc3Cl)n2Cc2ccccc2)cc1. The summed E-state index contributed by atoms with van der Waals surface area (Å²) in [5.41, 5.74) is 3.07. The van der Waals surface area contributed by atoms with Gasteiger partial charge in [0, 0.05) is 16.9 Å². The van der Waals surface area contributed by atoms with Crippen molar-refractivity contribution in [2.24, 2.45) is 0 Å². The topological polar surface area (TPSA) is 69.0 Å². The number of nitrogens with zero attached hydrogens (tertiary/aromatic N) is 3. The zero-order valence-electron chi connectivity index (χ0n) is 19.2. The van der Waals surface area contributed by atoms with Crippen LogP contribution in [-0.4, -0.2) is 27.8 Å². The van der Waals surface area contributed by atoms with E-state index in [-0.39, 0.29) is 12.5 Å². The number of carbonyl (C=O) groups excluding carboxylic acids is 1. The number of halogens is 1. The molecule has 1 heterocycles. The molecule has 178 valence electrons. The van der Waals surface area contributed by atoms with Crippen molar-refractivity contribution in [2.45, 2.75) is 24.0 Å². The number of hydrogen-bond donors (Lipinski definition) is 1. The van der Waals surface area contributed by atoms with Gasteiger partial charge in [-0.1, -0.05) is 84.0 Å². The summed E-state index contributed by atoms with van der Waals surface area (Å²) >= 11 is 7.89. The van der Waals surface area contributed by atoms with E-state index in [1.54, 1.807) is 24.9 Å². The number of aromatic nitrogens is 3. The number of nitrogens with one attached hydrogen (secondary N) is 1. The number of benzene rings is 3. The van der Waals surface area contributed by atoms with Crippen LogP contribution in [0.15, 0.2) is 90.1 Å². The third-order valence-corrected chi connectivity index (χ3v) is 6.64. The molecule has 35 heavy (non-hydrogen) atoms. The highest BCUT2D eigenvalue weighted by molar-refractivity contribution is 7.98. The smallest absolute Gasteiger partial charge is 0.244 e. The number of amides is 1. The van der Waals surface area contributed by atoms with Gasteiger partial charge in [-0.15, -0.1) is 10.2 Å². The summed E-state index contributed by atoms with van der Waals surface area (Å²) in [4.78, 5) is 12.4. The third kappa shape index (κ3) is 6.97. The molecule has 4 aromatic rings. The molecule has 4 rings (SSSR count). The highest BCUT2D eigenvalue weighted by atomic mass is 35.5. The molecule has 0 radical (unpaired) electrons. The standard InChI is InChI=1S/C27H25ClN4O2S/c1-34-23-14-11-20(12-15-23)13-16-26(33)29-17-25-30-31-27(32(25)18-21-7-3-2-4-8-21)35-19-22-9-5-6-10-24(22)28/h2-16H,17-19H2,1H3,(H,29,33).